The molecule has 0 unspecified atom stereocenters. The molecule has 1 saturated heterocycles. The topological polar surface area (TPSA) is 92.4 Å². The Morgan fingerprint density at radius 2 is 1.89 bits per heavy atom. The fourth-order valence-electron chi connectivity index (χ4n) is 1.69. The molecule has 1 aromatic rings. The van der Waals surface area contributed by atoms with E-state index < -0.39 is 5.97 Å². The van der Waals surface area contributed by atoms with Crippen molar-refractivity contribution < 1.29 is 14.7 Å². The summed E-state index contributed by atoms with van der Waals surface area (Å²) in [6.45, 7) is 1.33. The highest BCUT2D eigenvalue weighted by Gasteiger charge is 2.03. The van der Waals surface area contributed by atoms with Gasteiger partial charge in [-0.2, -0.15) is 0 Å². The first kappa shape index (κ1) is 15.2. The van der Waals surface area contributed by atoms with Crippen molar-refractivity contribution in [1.82, 2.24) is 5.32 Å². The standard InChI is InChI=1S/C8H9NO2.C6H11NO/c9-5-6-1-3-7(4-2-6)8(10)11;8-6-4-2-1-3-5-7-6/h1-4H,5,9H2,(H,10,11);1-5H2,(H,7,8). The molecule has 19 heavy (non-hydrogen) atoms. The molecule has 5 nitrogen and oxygen atoms in total. The van der Waals surface area contributed by atoms with Crippen LogP contribution in [0.3, 0.4) is 0 Å². The Kier molecular flexibility index (Phi) is 6.60. The third-order valence-electron chi connectivity index (χ3n) is 2.84. The minimum Gasteiger partial charge on any atom is -0.478 e. The number of amides is 1. The van der Waals surface area contributed by atoms with Gasteiger partial charge >= 0.3 is 5.97 Å². The van der Waals surface area contributed by atoms with Gasteiger partial charge in [-0.3, -0.25) is 4.79 Å². The summed E-state index contributed by atoms with van der Waals surface area (Å²) in [6.07, 6.45) is 4.18. The molecule has 1 amide bonds. The first-order valence-electron chi connectivity index (χ1n) is 6.42. The van der Waals surface area contributed by atoms with Gasteiger partial charge in [0.15, 0.2) is 0 Å². The molecule has 1 fully saturated rings. The number of benzene rings is 1. The Balaban J connectivity index is 0.000000200. The highest BCUT2D eigenvalue weighted by Crippen LogP contribution is 2.03. The average molecular weight is 264 g/mol. The number of carbonyl (C=O) groups is 2. The molecule has 0 bridgehead atoms. The number of carboxylic acids is 1. The number of carboxylic acid groups (broad SMARTS) is 1. The second kappa shape index (κ2) is 8.26. The molecule has 1 aromatic carbocycles. The minimum absolute atomic E-state index is 0.225. The average Bonchev–Trinajstić information content (AvgIpc) is 2.67. The molecule has 5 heteroatoms. The molecule has 4 N–H and O–H groups in total. The number of hydrogen-bond acceptors (Lipinski definition) is 3. The van der Waals surface area contributed by atoms with E-state index in [2.05, 4.69) is 5.32 Å². The van der Waals surface area contributed by atoms with Crippen molar-refractivity contribution in [2.24, 2.45) is 5.73 Å². The quantitative estimate of drug-likeness (QED) is 0.755. The van der Waals surface area contributed by atoms with E-state index in [0.717, 1.165) is 31.4 Å². The lowest BCUT2D eigenvalue weighted by Gasteiger charge is -1.96. The van der Waals surface area contributed by atoms with Gasteiger partial charge in [0, 0.05) is 19.5 Å². The van der Waals surface area contributed by atoms with Crippen LogP contribution in [0.2, 0.25) is 0 Å². The minimum atomic E-state index is -0.909. The number of hydrogen-bond donors (Lipinski definition) is 3. The first-order chi connectivity index (χ1) is 9.13. The maximum atomic E-state index is 10.6. The zero-order valence-electron chi connectivity index (χ0n) is 10.9. The molecule has 2 rings (SSSR count). The molecule has 0 aliphatic carbocycles. The van der Waals surface area contributed by atoms with Crippen LogP contribution < -0.4 is 11.1 Å². The summed E-state index contributed by atoms with van der Waals surface area (Å²) < 4.78 is 0. The Morgan fingerprint density at radius 3 is 2.47 bits per heavy atom. The first-order valence-corrected chi connectivity index (χ1v) is 6.42. The third kappa shape index (κ3) is 6.01. The zero-order chi connectivity index (χ0) is 14.1. The largest absolute Gasteiger partial charge is 0.478 e. The molecule has 0 aromatic heterocycles. The van der Waals surface area contributed by atoms with Gasteiger partial charge in [0.2, 0.25) is 5.91 Å². The van der Waals surface area contributed by atoms with Crippen molar-refractivity contribution in [1.29, 1.82) is 0 Å². The van der Waals surface area contributed by atoms with Gasteiger partial charge in [-0.05, 0) is 30.5 Å². The highest BCUT2D eigenvalue weighted by molar-refractivity contribution is 5.87. The van der Waals surface area contributed by atoms with Crippen LogP contribution in [-0.2, 0) is 11.3 Å². The van der Waals surface area contributed by atoms with Gasteiger partial charge in [-0.1, -0.05) is 18.6 Å². The number of nitrogens with one attached hydrogen (secondary N) is 1. The van der Waals surface area contributed by atoms with Crippen LogP contribution in [0, 0.1) is 0 Å². The molecule has 1 aliphatic rings. The second-order valence-corrected chi connectivity index (χ2v) is 4.37. The van der Waals surface area contributed by atoms with Gasteiger partial charge in [0.05, 0.1) is 5.56 Å². The van der Waals surface area contributed by atoms with E-state index in [0.29, 0.717) is 12.1 Å². The SMILES string of the molecule is NCc1ccc(C(=O)O)cc1.O=C1CCCCCN1. The summed E-state index contributed by atoms with van der Waals surface area (Å²) in [7, 11) is 0. The predicted molar refractivity (Wildman–Crippen MR) is 72.8 cm³/mol. The monoisotopic (exact) mass is 264 g/mol. The molecular formula is C14H20N2O3. The fraction of sp³-hybridized carbons (Fsp3) is 0.429. The van der Waals surface area contributed by atoms with E-state index >= 15 is 0 Å². The molecular weight excluding hydrogens is 244 g/mol. The van der Waals surface area contributed by atoms with E-state index in [-0.39, 0.29) is 5.91 Å². The van der Waals surface area contributed by atoms with Crippen molar-refractivity contribution in [3.63, 3.8) is 0 Å². The van der Waals surface area contributed by atoms with Crippen molar-refractivity contribution >= 4 is 11.9 Å². The van der Waals surface area contributed by atoms with Crippen molar-refractivity contribution in [3.8, 4) is 0 Å². The molecule has 0 atom stereocenters. The molecule has 0 saturated carbocycles. The van der Waals surface area contributed by atoms with Crippen LogP contribution in [0.15, 0.2) is 24.3 Å². The number of aromatic carboxylic acids is 1. The smallest absolute Gasteiger partial charge is 0.335 e. The van der Waals surface area contributed by atoms with E-state index in [1.807, 2.05) is 0 Å². The van der Waals surface area contributed by atoms with Gasteiger partial charge in [0.25, 0.3) is 0 Å². The van der Waals surface area contributed by atoms with E-state index in [1.54, 1.807) is 24.3 Å². The van der Waals surface area contributed by atoms with Gasteiger partial charge in [-0.15, -0.1) is 0 Å². The predicted octanol–water partition coefficient (Wildman–Crippen LogP) is 1.52. The maximum absolute atomic E-state index is 10.6. The Hall–Kier alpha value is -1.88. The summed E-state index contributed by atoms with van der Waals surface area (Å²) in [5.41, 5.74) is 6.56. The second-order valence-electron chi connectivity index (χ2n) is 4.37. The van der Waals surface area contributed by atoms with Crippen LogP contribution in [0.4, 0.5) is 0 Å². The summed E-state index contributed by atoms with van der Waals surface area (Å²) in [6, 6.07) is 6.52. The Morgan fingerprint density at radius 1 is 1.21 bits per heavy atom. The third-order valence-corrected chi connectivity index (χ3v) is 2.84. The lowest BCUT2D eigenvalue weighted by molar-refractivity contribution is -0.120. The fourth-order valence-corrected chi connectivity index (χ4v) is 1.69. The Labute approximate surface area is 112 Å². The van der Waals surface area contributed by atoms with Gasteiger partial charge in [0.1, 0.15) is 0 Å². The number of nitrogens with two attached hydrogens (primary N) is 1. The summed E-state index contributed by atoms with van der Waals surface area (Å²) in [4.78, 5) is 20.9. The zero-order valence-corrected chi connectivity index (χ0v) is 10.9. The summed E-state index contributed by atoms with van der Waals surface area (Å²) >= 11 is 0. The number of carbonyl (C=O) groups excluding carboxylic acids is 1. The summed E-state index contributed by atoms with van der Waals surface area (Å²) in [5.74, 6) is -0.684. The van der Waals surface area contributed by atoms with E-state index in [1.165, 1.54) is 6.42 Å². The van der Waals surface area contributed by atoms with Gasteiger partial charge in [-0.25, -0.2) is 4.79 Å². The molecule has 104 valence electrons. The lowest BCUT2D eigenvalue weighted by Crippen LogP contribution is -2.21. The molecule has 0 radical (unpaired) electrons. The molecule has 1 aliphatic heterocycles. The van der Waals surface area contributed by atoms with Gasteiger partial charge < -0.3 is 16.2 Å². The van der Waals surface area contributed by atoms with Crippen LogP contribution in [0.25, 0.3) is 0 Å². The maximum Gasteiger partial charge on any atom is 0.335 e. The van der Waals surface area contributed by atoms with Crippen molar-refractivity contribution in [3.05, 3.63) is 35.4 Å². The molecule has 1 heterocycles. The van der Waals surface area contributed by atoms with Crippen molar-refractivity contribution in [2.75, 3.05) is 6.54 Å². The van der Waals surface area contributed by atoms with Crippen LogP contribution >= 0.6 is 0 Å². The molecule has 0 spiro atoms. The van der Waals surface area contributed by atoms with Crippen LogP contribution in [0.5, 0.6) is 0 Å². The highest BCUT2D eigenvalue weighted by atomic mass is 16.4. The van der Waals surface area contributed by atoms with E-state index in [4.69, 9.17) is 10.8 Å². The lowest BCUT2D eigenvalue weighted by atomic mass is 10.1. The van der Waals surface area contributed by atoms with Crippen LogP contribution in [0.1, 0.15) is 41.6 Å². The van der Waals surface area contributed by atoms with Crippen LogP contribution in [-0.4, -0.2) is 23.5 Å². The summed E-state index contributed by atoms with van der Waals surface area (Å²) in [5, 5.41) is 11.3. The van der Waals surface area contributed by atoms with E-state index in [9.17, 15) is 9.59 Å². The Bertz CT molecular complexity index is 405. The number of rotatable bonds is 2. The normalized spacial score (nSPS) is 14.7. The van der Waals surface area contributed by atoms with Crippen molar-refractivity contribution in [2.45, 2.75) is 32.2 Å².